The van der Waals surface area contributed by atoms with Gasteiger partial charge in [0.25, 0.3) is 0 Å². The van der Waals surface area contributed by atoms with Crippen molar-refractivity contribution in [2.24, 2.45) is 0 Å². The molecule has 108 valence electrons. The Hall–Kier alpha value is -1.35. The molecule has 0 spiro atoms. The summed E-state index contributed by atoms with van der Waals surface area (Å²) in [6, 6.07) is 5.17. The maximum absolute atomic E-state index is 12.7. The minimum absolute atomic E-state index is 0.0478. The molecule has 1 heterocycles. The number of hydrogen-bond donors (Lipinski definition) is 1. The van der Waals surface area contributed by atoms with Crippen molar-refractivity contribution in [3.63, 3.8) is 0 Å². The predicted molar refractivity (Wildman–Crippen MR) is 77.7 cm³/mol. The molecular formula is C15H19NO3S. The Morgan fingerprint density at radius 3 is 2.80 bits per heavy atom. The van der Waals surface area contributed by atoms with Gasteiger partial charge in [-0.1, -0.05) is 17.9 Å². The van der Waals surface area contributed by atoms with Crippen LogP contribution in [0.25, 0.3) is 0 Å². The van der Waals surface area contributed by atoms with E-state index in [1.165, 1.54) is 0 Å². The molecule has 0 aliphatic carbocycles. The molecule has 1 aromatic rings. The van der Waals surface area contributed by atoms with Gasteiger partial charge in [-0.3, -0.25) is 0 Å². The molecule has 1 aliphatic rings. The fourth-order valence-electron chi connectivity index (χ4n) is 2.49. The summed E-state index contributed by atoms with van der Waals surface area (Å²) in [6.45, 7) is 4.07. The van der Waals surface area contributed by atoms with Crippen LogP contribution in [-0.2, 0) is 10.0 Å². The van der Waals surface area contributed by atoms with Crippen molar-refractivity contribution in [3.8, 4) is 11.8 Å². The van der Waals surface area contributed by atoms with Crippen LogP contribution in [-0.4, -0.2) is 37.0 Å². The third-order valence-corrected chi connectivity index (χ3v) is 5.73. The van der Waals surface area contributed by atoms with Crippen molar-refractivity contribution >= 4 is 10.0 Å². The van der Waals surface area contributed by atoms with Crippen LogP contribution < -0.4 is 0 Å². The number of benzene rings is 1. The minimum atomic E-state index is -3.46. The highest BCUT2D eigenvalue weighted by Crippen LogP contribution is 2.28. The highest BCUT2D eigenvalue weighted by molar-refractivity contribution is 7.89. The Bertz CT molecular complexity index is 655. The van der Waals surface area contributed by atoms with Crippen LogP contribution in [0.3, 0.4) is 0 Å². The van der Waals surface area contributed by atoms with Crippen molar-refractivity contribution < 1.29 is 13.5 Å². The number of aliphatic hydroxyl groups is 1. The molecule has 1 atom stereocenters. The van der Waals surface area contributed by atoms with Gasteiger partial charge in [-0.25, -0.2) is 8.42 Å². The van der Waals surface area contributed by atoms with E-state index in [9.17, 15) is 8.42 Å². The average molecular weight is 293 g/mol. The Morgan fingerprint density at radius 2 is 2.20 bits per heavy atom. The summed E-state index contributed by atoms with van der Waals surface area (Å²) in [5.74, 6) is 5.29. The molecule has 1 unspecified atom stereocenters. The number of nitrogens with zero attached hydrogens (tertiary/aromatic N) is 1. The fraction of sp³-hybridized carbons (Fsp3) is 0.467. The Labute approximate surface area is 120 Å². The highest BCUT2D eigenvalue weighted by atomic mass is 32.2. The molecule has 1 fully saturated rings. The lowest BCUT2D eigenvalue weighted by molar-refractivity contribution is 0.350. The molecule has 1 aromatic carbocycles. The molecular weight excluding hydrogens is 274 g/mol. The Balaban J connectivity index is 2.45. The second kappa shape index (κ2) is 5.96. The SMILES string of the molecule is Cc1ccc(C#CCO)cc1S(=O)(=O)N1CCCC1C. The van der Waals surface area contributed by atoms with Gasteiger partial charge in [-0.2, -0.15) is 4.31 Å². The number of aliphatic hydroxyl groups excluding tert-OH is 1. The third-order valence-electron chi connectivity index (χ3n) is 3.58. The van der Waals surface area contributed by atoms with Crippen molar-refractivity contribution in [3.05, 3.63) is 29.3 Å². The van der Waals surface area contributed by atoms with Crippen LogP contribution in [0.2, 0.25) is 0 Å². The van der Waals surface area contributed by atoms with Crippen LogP contribution in [0.5, 0.6) is 0 Å². The zero-order valence-corrected chi connectivity index (χ0v) is 12.6. The molecule has 1 aliphatic heterocycles. The molecule has 1 saturated heterocycles. The lowest BCUT2D eigenvalue weighted by Crippen LogP contribution is -2.34. The van der Waals surface area contributed by atoms with E-state index in [0.29, 0.717) is 17.0 Å². The van der Waals surface area contributed by atoms with Crippen molar-refractivity contribution in [1.29, 1.82) is 0 Å². The first-order chi connectivity index (χ1) is 9.46. The summed E-state index contributed by atoms with van der Waals surface area (Å²) < 4.78 is 27.0. The van der Waals surface area contributed by atoms with Gasteiger partial charge in [0, 0.05) is 18.2 Å². The number of aryl methyl sites for hydroxylation is 1. The van der Waals surface area contributed by atoms with E-state index in [0.717, 1.165) is 18.4 Å². The second-order valence-electron chi connectivity index (χ2n) is 5.05. The van der Waals surface area contributed by atoms with Crippen LogP contribution in [0, 0.1) is 18.8 Å². The van der Waals surface area contributed by atoms with E-state index < -0.39 is 10.0 Å². The summed E-state index contributed by atoms with van der Waals surface area (Å²) in [5, 5.41) is 8.72. The zero-order chi connectivity index (χ0) is 14.8. The molecule has 0 bridgehead atoms. The molecule has 5 heteroatoms. The van der Waals surface area contributed by atoms with E-state index >= 15 is 0 Å². The first-order valence-corrected chi connectivity index (χ1v) is 8.13. The molecule has 0 aromatic heterocycles. The average Bonchev–Trinajstić information content (AvgIpc) is 2.84. The minimum Gasteiger partial charge on any atom is -0.384 e. The van der Waals surface area contributed by atoms with E-state index in [1.807, 2.05) is 6.92 Å². The van der Waals surface area contributed by atoms with Gasteiger partial charge in [-0.05, 0) is 44.4 Å². The summed E-state index contributed by atoms with van der Waals surface area (Å²) in [6.07, 6.45) is 1.81. The van der Waals surface area contributed by atoms with Gasteiger partial charge in [0.15, 0.2) is 0 Å². The summed E-state index contributed by atoms with van der Waals surface area (Å²) in [7, 11) is -3.46. The normalized spacial score (nSPS) is 19.6. The number of sulfonamides is 1. The molecule has 4 nitrogen and oxygen atoms in total. The maximum atomic E-state index is 12.7. The fourth-order valence-corrected chi connectivity index (χ4v) is 4.44. The largest absolute Gasteiger partial charge is 0.384 e. The highest BCUT2D eigenvalue weighted by Gasteiger charge is 2.33. The van der Waals surface area contributed by atoms with Crippen LogP contribution >= 0.6 is 0 Å². The van der Waals surface area contributed by atoms with Gasteiger partial charge in [0.2, 0.25) is 10.0 Å². The lowest BCUT2D eigenvalue weighted by Gasteiger charge is -2.22. The van der Waals surface area contributed by atoms with Crippen LogP contribution in [0.1, 0.15) is 30.9 Å². The zero-order valence-electron chi connectivity index (χ0n) is 11.8. The maximum Gasteiger partial charge on any atom is 0.243 e. The standard InChI is InChI=1S/C15H19NO3S/c1-12-7-8-14(6-4-10-17)11-15(12)20(18,19)16-9-3-5-13(16)2/h7-8,11,13,17H,3,5,9-10H2,1-2H3. The van der Waals surface area contributed by atoms with E-state index in [4.69, 9.17) is 5.11 Å². The topological polar surface area (TPSA) is 57.6 Å². The van der Waals surface area contributed by atoms with Gasteiger partial charge in [-0.15, -0.1) is 0 Å². The van der Waals surface area contributed by atoms with Crippen LogP contribution in [0.4, 0.5) is 0 Å². The van der Waals surface area contributed by atoms with Gasteiger partial charge in [0.1, 0.15) is 6.61 Å². The number of rotatable bonds is 2. The quantitative estimate of drug-likeness (QED) is 0.841. The molecule has 2 rings (SSSR count). The molecule has 0 amide bonds. The Morgan fingerprint density at radius 1 is 1.45 bits per heavy atom. The summed E-state index contributed by atoms with van der Waals surface area (Å²) in [4.78, 5) is 0.316. The van der Waals surface area contributed by atoms with Gasteiger partial charge < -0.3 is 5.11 Å². The second-order valence-corrected chi connectivity index (χ2v) is 6.91. The van der Waals surface area contributed by atoms with E-state index in [1.54, 1.807) is 29.4 Å². The monoisotopic (exact) mass is 293 g/mol. The predicted octanol–water partition coefficient (Wildman–Crippen LogP) is 1.51. The first-order valence-electron chi connectivity index (χ1n) is 6.69. The summed E-state index contributed by atoms with van der Waals surface area (Å²) in [5.41, 5.74) is 1.33. The van der Waals surface area contributed by atoms with Crippen molar-refractivity contribution in [2.45, 2.75) is 37.6 Å². The third kappa shape index (κ3) is 2.88. The van der Waals surface area contributed by atoms with Gasteiger partial charge >= 0.3 is 0 Å². The Kier molecular flexibility index (Phi) is 4.48. The van der Waals surface area contributed by atoms with Crippen molar-refractivity contribution in [2.75, 3.05) is 13.2 Å². The molecule has 0 saturated carbocycles. The first kappa shape index (κ1) is 15.0. The van der Waals surface area contributed by atoms with E-state index in [2.05, 4.69) is 11.8 Å². The summed E-state index contributed by atoms with van der Waals surface area (Å²) >= 11 is 0. The number of hydrogen-bond acceptors (Lipinski definition) is 3. The smallest absolute Gasteiger partial charge is 0.243 e. The van der Waals surface area contributed by atoms with E-state index in [-0.39, 0.29) is 12.6 Å². The molecule has 0 radical (unpaired) electrons. The van der Waals surface area contributed by atoms with Gasteiger partial charge in [0.05, 0.1) is 4.90 Å². The lowest BCUT2D eigenvalue weighted by atomic mass is 10.1. The molecule has 1 N–H and O–H groups in total. The van der Waals surface area contributed by atoms with Crippen LogP contribution in [0.15, 0.2) is 23.1 Å². The van der Waals surface area contributed by atoms with Crippen molar-refractivity contribution in [1.82, 2.24) is 4.31 Å². The molecule has 20 heavy (non-hydrogen) atoms.